The Morgan fingerprint density at radius 2 is 2.40 bits per heavy atom. The van der Waals surface area contributed by atoms with Gasteiger partial charge in [0.05, 0.1) is 30.6 Å². The van der Waals surface area contributed by atoms with E-state index in [1.54, 1.807) is 6.20 Å². The average Bonchev–Trinajstić information content (AvgIpc) is 3.07. The molecule has 2 aromatic rings. The van der Waals surface area contributed by atoms with Crippen molar-refractivity contribution in [3.63, 3.8) is 0 Å². The zero-order valence-corrected chi connectivity index (χ0v) is 11.5. The van der Waals surface area contributed by atoms with Crippen LogP contribution in [0.4, 0.5) is 0 Å². The highest BCUT2D eigenvalue weighted by molar-refractivity contribution is 5.03. The molecule has 106 valence electrons. The normalized spacial score (nSPS) is 26.2. The largest absolute Gasteiger partial charge is 0.370 e. The number of ether oxygens (including phenoxy) is 1. The zero-order chi connectivity index (χ0) is 13.5. The molecule has 2 aliphatic heterocycles. The van der Waals surface area contributed by atoms with E-state index in [1.165, 1.54) is 0 Å². The Balaban J connectivity index is 1.51. The number of aromatic amines is 1. The second kappa shape index (κ2) is 4.68. The summed E-state index contributed by atoms with van der Waals surface area (Å²) in [6, 6.07) is 0.277. The molecule has 1 saturated heterocycles. The summed E-state index contributed by atoms with van der Waals surface area (Å²) in [5.41, 5.74) is 2.24. The number of hydrogen-bond acceptors (Lipinski definition) is 5. The highest BCUT2D eigenvalue weighted by Crippen LogP contribution is 2.30. The van der Waals surface area contributed by atoms with Crippen molar-refractivity contribution in [2.75, 3.05) is 13.1 Å². The Bertz CT molecular complexity index is 606. The molecular weight excluding hydrogens is 256 g/mol. The summed E-state index contributed by atoms with van der Waals surface area (Å²) in [6.45, 7) is 5.50. The van der Waals surface area contributed by atoms with E-state index in [0.29, 0.717) is 6.61 Å². The van der Waals surface area contributed by atoms with Gasteiger partial charge in [0.25, 0.3) is 0 Å². The van der Waals surface area contributed by atoms with Crippen LogP contribution in [0, 0.1) is 6.92 Å². The number of piperidine rings is 1. The summed E-state index contributed by atoms with van der Waals surface area (Å²) in [5.74, 6) is 0.967. The van der Waals surface area contributed by atoms with Crippen LogP contribution in [-0.4, -0.2) is 49.1 Å². The monoisotopic (exact) mass is 274 g/mol. The number of nitrogens with zero attached hydrogens (tertiary/aromatic N) is 5. The molecule has 0 aliphatic carbocycles. The van der Waals surface area contributed by atoms with Crippen molar-refractivity contribution in [1.82, 2.24) is 29.9 Å². The number of aryl methyl sites for hydroxylation is 1. The standard InChI is InChI=1S/C13H18N6O/c1-9-14-4-10(16-9)6-18-3-2-13-12(7-18)19-11(8-20-13)5-15-17-19/h4-5,12-13H,2-3,6-8H2,1H3,(H,14,16)/t12-,13+/m1/s1. The van der Waals surface area contributed by atoms with Gasteiger partial charge in [-0.2, -0.15) is 0 Å². The van der Waals surface area contributed by atoms with Crippen LogP contribution < -0.4 is 0 Å². The molecule has 4 rings (SSSR count). The van der Waals surface area contributed by atoms with Gasteiger partial charge in [0.1, 0.15) is 5.82 Å². The Kier molecular flexibility index (Phi) is 2.82. The number of nitrogens with one attached hydrogen (secondary N) is 1. The van der Waals surface area contributed by atoms with Gasteiger partial charge in [0, 0.05) is 31.5 Å². The van der Waals surface area contributed by atoms with Gasteiger partial charge < -0.3 is 9.72 Å². The van der Waals surface area contributed by atoms with Crippen molar-refractivity contribution in [3.8, 4) is 0 Å². The number of H-pyrrole nitrogens is 1. The third-order valence-electron chi connectivity index (χ3n) is 4.16. The number of aromatic nitrogens is 5. The highest BCUT2D eigenvalue weighted by atomic mass is 16.5. The molecule has 0 amide bonds. The van der Waals surface area contributed by atoms with Crippen molar-refractivity contribution in [2.45, 2.75) is 38.6 Å². The lowest BCUT2D eigenvalue weighted by molar-refractivity contribution is -0.0671. The molecule has 20 heavy (non-hydrogen) atoms. The fourth-order valence-corrected chi connectivity index (χ4v) is 3.18. The molecule has 0 spiro atoms. The molecule has 1 N–H and O–H groups in total. The summed E-state index contributed by atoms with van der Waals surface area (Å²) in [5, 5.41) is 8.23. The summed E-state index contributed by atoms with van der Waals surface area (Å²) in [7, 11) is 0. The second-order valence-electron chi connectivity index (χ2n) is 5.60. The molecular formula is C13H18N6O. The van der Waals surface area contributed by atoms with Crippen molar-refractivity contribution in [2.24, 2.45) is 0 Å². The molecule has 2 aromatic heterocycles. The highest BCUT2D eigenvalue weighted by Gasteiger charge is 2.36. The Hall–Kier alpha value is -1.73. The van der Waals surface area contributed by atoms with Gasteiger partial charge in [-0.05, 0) is 13.3 Å². The first kappa shape index (κ1) is 12.0. The van der Waals surface area contributed by atoms with Gasteiger partial charge in [0.2, 0.25) is 0 Å². The fourth-order valence-electron chi connectivity index (χ4n) is 3.18. The van der Waals surface area contributed by atoms with Crippen LogP contribution in [0.1, 0.15) is 29.7 Å². The van der Waals surface area contributed by atoms with Crippen LogP contribution in [0.3, 0.4) is 0 Å². The lowest BCUT2D eigenvalue weighted by Crippen LogP contribution is -2.47. The molecule has 0 radical (unpaired) electrons. The van der Waals surface area contributed by atoms with E-state index in [-0.39, 0.29) is 12.1 Å². The Labute approximate surface area is 116 Å². The molecule has 0 aromatic carbocycles. The molecule has 1 fully saturated rings. The quantitative estimate of drug-likeness (QED) is 0.871. The van der Waals surface area contributed by atoms with E-state index in [4.69, 9.17) is 4.74 Å². The molecule has 0 saturated carbocycles. The average molecular weight is 274 g/mol. The van der Waals surface area contributed by atoms with Crippen LogP contribution in [0.25, 0.3) is 0 Å². The van der Waals surface area contributed by atoms with Crippen molar-refractivity contribution in [1.29, 1.82) is 0 Å². The van der Waals surface area contributed by atoms with Gasteiger partial charge in [-0.1, -0.05) is 5.21 Å². The number of likely N-dealkylation sites (tertiary alicyclic amines) is 1. The fraction of sp³-hybridized carbons (Fsp3) is 0.615. The molecule has 2 aliphatic rings. The van der Waals surface area contributed by atoms with Crippen molar-refractivity contribution in [3.05, 3.63) is 29.6 Å². The van der Waals surface area contributed by atoms with Gasteiger partial charge in [0.15, 0.2) is 0 Å². The maximum atomic E-state index is 5.92. The molecule has 2 atom stereocenters. The van der Waals surface area contributed by atoms with E-state index in [2.05, 4.69) is 25.2 Å². The van der Waals surface area contributed by atoms with Crippen LogP contribution in [0.5, 0.6) is 0 Å². The van der Waals surface area contributed by atoms with Crippen molar-refractivity contribution < 1.29 is 4.74 Å². The number of fused-ring (bicyclic) bond motifs is 3. The van der Waals surface area contributed by atoms with Crippen molar-refractivity contribution >= 4 is 0 Å². The zero-order valence-electron chi connectivity index (χ0n) is 11.5. The summed E-state index contributed by atoms with van der Waals surface area (Å²) in [4.78, 5) is 9.97. The van der Waals surface area contributed by atoms with Crippen LogP contribution >= 0.6 is 0 Å². The van der Waals surface area contributed by atoms with E-state index >= 15 is 0 Å². The molecule has 0 bridgehead atoms. The molecule has 4 heterocycles. The number of imidazole rings is 1. The van der Waals surface area contributed by atoms with Gasteiger partial charge in [-0.25, -0.2) is 9.67 Å². The SMILES string of the molecule is Cc1ncc(CN2CC[C@@H]3OCc4cnnn4[C@@H]3C2)[nH]1. The molecule has 7 heteroatoms. The third-order valence-corrected chi connectivity index (χ3v) is 4.16. The smallest absolute Gasteiger partial charge is 0.103 e. The van der Waals surface area contributed by atoms with Crippen LogP contribution in [0.15, 0.2) is 12.4 Å². The van der Waals surface area contributed by atoms with Crippen LogP contribution in [-0.2, 0) is 17.9 Å². The third kappa shape index (κ3) is 2.03. The lowest BCUT2D eigenvalue weighted by atomic mass is 10.0. The first-order chi connectivity index (χ1) is 9.79. The minimum Gasteiger partial charge on any atom is -0.370 e. The maximum absolute atomic E-state index is 5.92. The summed E-state index contributed by atoms with van der Waals surface area (Å²) < 4.78 is 7.96. The molecule has 0 unspecified atom stereocenters. The lowest BCUT2D eigenvalue weighted by Gasteiger charge is -2.40. The van der Waals surface area contributed by atoms with E-state index in [0.717, 1.165) is 43.3 Å². The first-order valence-electron chi connectivity index (χ1n) is 7.03. The predicted octanol–water partition coefficient (Wildman–Crippen LogP) is 0.655. The summed E-state index contributed by atoms with van der Waals surface area (Å²) >= 11 is 0. The number of rotatable bonds is 2. The second-order valence-corrected chi connectivity index (χ2v) is 5.60. The number of hydrogen-bond donors (Lipinski definition) is 1. The first-order valence-corrected chi connectivity index (χ1v) is 7.03. The van der Waals surface area contributed by atoms with E-state index < -0.39 is 0 Å². The maximum Gasteiger partial charge on any atom is 0.103 e. The van der Waals surface area contributed by atoms with Crippen LogP contribution in [0.2, 0.25) is 0 Å². The topological polar surface area (TPSA) is 71.9 Å². The Morgan fingerprint density at radius 3 is 3.25 bits per heavy atom. The Morgan fingerprint density at radius 1 is 1.45 bits per heavy atom. The minimum absolute atomic E-state index is 0.268. The van der Waals surface area contributed by atoms with Gasteiger partial charge in [-0.15, -0.1) is 5.10 Å². The van der Waals surface area contributed by atoms with Gasteiger partial charge in [-0.3, -0.25) is 4.90 Å². The molecule has 7 nitrogen and oxygen atoms in total. The summed E-state index contributed by atoms with van der Waals surface area (Å²) in [6.07, 6.45) is 5.02. The minimum atomic E-state index is 0.268. The van der Waals surface area contributed by atoms with E-state index in [9.17, 15) is 0 Å². The predicted molar refractivity (Wildman–Crippen MR) is 70.9 cm³/mol. The van der Waals surface area contributed by atoms with E-state index in [1.807, 2.05) is 17.8 Å². The van der Waals surface area contributed by atoms with Gasteiger partial charge >= 0.3 is 0 Å².